The summed E-state index contributed by atoms with van der Waals surface area (Å²) in [5.74, 6) is 0.653. The van der Waals surface area contributed by atoms with Crippen LogP contribution in [0.4, 0.5) is 0 Å². The SMILES string of the molecule is CCN(Cc1ccncc1)C(=O)C1CN(C(=O)CC2CCOCC2)Cc2nnn(CC3CC3)c21. The molecular weight excluding hydrogens is 432 g/mol. The first-order valence-electron chi connectivity index (χ1n) is 12.6. The maximum atomic E-state index is 13.9. The number of pyridine rings is 1. The van der Waals surface area contributed by atoms with Gasteiger partial charge in [0.1, 0.15) is 5.69 Å². The second kappa shape index (κ2) is 10.2. The number of carbonyl (C=O) groups excluding carboxylic acids is 2. The Morgan fingerprint density at radius 2 is 1.88 bits per heavy atom. The normalized spacial score (nSPS) is 20.7. The molecule has 1 atom stereocenters. The minimum absolute atomic E-state index is 0.0310. The van der Waals surface area contributed by atoms with E-state index in [2.05, 4.69) is 15.3 Å². The average Bonchev–Trinajstić information content (AvgIpc) is 3.60. The van der Waals surface area contributed by atoms with Gasteiger partial charge in [-0.25, -0.2) is 4.68 Å². The highest BCUT2D eigenvalue weighted by Gasteiger charge is 2.40. The maximum Gasteiger partial charge on any atom is 0.233 e. The number of nitrogens with zero attached hydrogens (tertiary/aromatic N) is 6. The second-order valence-electron chi connectivity index (χ2n) is 9.84. The Kier molecular flexibility index (Phi) is 6.89. The number of hydrogen-bond donors (Lipinski definition) is 0. The lowest BCUT2D eigenvalue weighted by Gasteiger charge is -2.35. The summed E-state index contributed by atoms with van der Waals surface area (Å²) in [6.07, 6.45) is 8.23. The highest BCUT2D eigenvalue weighted by molar-refractivity contribution is 5.86. The van der Waals surface area contributed by atoms with Crippen molar-refractivity contribution in [1.82, 2.24) is 29.8 Å². The summed E-state index contributed by atoms with van der Waals surface area (Å²) in [6.45, 7) is 6.17. The van der Waals surface area contributed by atoms with Crippen LogP contribution in [-0.2, 0) is 34.0 Å². The molecule has 1 saturated carbocycles. The number of aromatic nitrogens is 4. The molecule has 0 bridgehead atoms. The predicted molar refractivity (Wildman–Crippen MR) is 124 cm³/mol. The summed E-state index contributed by atoms with van der Waals surface area (Å²) in [4.78, 5) is 34.9. The zero-order valence-corrected chi connectivity index (χ0v) is 19.9. The van der Waals surface area contributed by atoms with Crippen molar-refractivity contribution < 1.29 is 14.3 Å². The molecule has 34 heavy (non-hydrogen) atoms. The van der Waals surface area contributed by atoms with E-state index in [1.54, 1.807) is 12.4 Å². The fourth-order valence-corrected chi connectivity index (χ4v) is 5.07. The predicted octanol–water partition coefficient (Wildman–Crippen LogP) is 2.37. The molecule has 5 rings (SSSR count). The van der Waals surface area contributed by atoms with Crippen LogP contribution in [0.2, 0.25) is 0 Å². The van der Waals surface area contributed by atoms with Gasteiger partial charge < -0.3 is 14.5 Å². The van der Waals surface area contributed by atoms with Crippen LogP contribution in [0, 0.1) is 11.8 Å². The molecule has 0 radical (unpaired) electrons. The van der Waals surface area contributed by atoms with Crippen molar-refractivity contribution in [3.63, 3.8) is 0 Å². The molecule has 2 fully saturated rings. The van der Waals surface area contributed by atoms with E-state index in [-0.39, 0.29) is 11.8 Å². The maximum absolute atomic E-state index is 13.9. The van der Waals surface area contributed by atoms with Gasteiger partial charge in [-0.05, 0) is 62.1 Å². The topological polar surface area (TPSA) is 93.5 Å². The van der Waals surface area contributed by atoms with Crippen LogP contribution in [0.3, 0.4) is 0 Å². The van der Waals surface area contributed by atoms with Gasteiger partial charge in [0, 0.05) is 58.2 Å². The highest BCUT2D eigenvalue weighted by Crippen LogP contribution is 2.35. The largest absolute Gasteiger partial charge is 0.381 e. The minimum atomic E-state index is -0.446. The molecule has 1 aliphatic carbocycles. The van der Waals surface area contributed by atoms with E-state index < -0.39 is 5.92 Å². The third-order valence-electron chi connectivity index (χ3n) is 7.32. The van der Waals surface area contributed by atoms with E-state index >= 15 is 0 Å². The number of rotatable bonds is 8. The number of amides is 2. The van der Waals surface area contributed by atoms with Gasteiger partial charge in [0.15, 0.2) is 0 Å². The Balaban J connectivity index is 1.38. The van der Waals surface area contributed by atoms with Crippen molar-refractivity contribution in [3.05, 3.63) is 41.5 Å². The number of hydrogen-bond acceptors (Lipinski definition) is 6. The van der Waals surface area contributed by atoms with Crippen LogP contribution in [-0.4, -0.2) is 67.9 Å². The molecule has 1 saturated heterocycles. The third-order valence-corrected chi connectivity index (χ3v) is 7.32. The van der Waals surface area contributed by atoms with Gasteiger partial charge in [0.05, 0.1) is 18.2 Å². The molecule has 0 spiro atoms. The fraction of sp³-hybridized carbons (Fsp3) is 0.640. The molecule has 2 aliphatic heterocycles. The van der Waals surface area contributed by atoms with Crippen molar-refractivity contribution in [2.45, 2.75) is 64.6 Å². The molecule has 0 aromatic carbocycles. The van der Waals surface area contributed by atoms with Gasteiger partial charge >= 0.3 is 0 Å². The molecule has 2 amide bonds. The number of likely N-dealkylation sites (N-methyl/N-ethyl adjacent to an activating group) is 1. The quantitative estimate of drug-likeness (QED) is 0.593. The van der Waals surface area contributed by atoms with Crippen LogP contribution >= 0.6 is 0 Å². The molecule has 2 aromatic rings. The van der Waals surface area contributed by atoms with E-state index in [0.717, 1.165) is 49.6 Å². The molecule has 3 aliphatic rings. The average molecular weight is 467 g/mol. The summed E-state index contributed by atoms with van der Waals surface area (Å²) in [6, 6.07) is 3.87. The molecule has 2 aromatic heterocycles. The smallest absolute Gasteiger partial charge is 0.233 e. The molecule has 1 unspecified atom stereocenters. The van der Waals surface area contributed by atoms with Gasteiger partial charge in [-0.15, -0.1) is 5.10 Å². The van der Waals surface area contributed by atoms with E-state index in [4.69, 9.17) is 4.74 Å². The van der Waals surface area contributed by atoms with Crippen LogP contribution < -0.4 is 0 Å². The molecule has 9 heteroatoms. The zero-order valence-electron chi connectivity index (χ0n) is 19.9. The van der Waals surface area contributed by atoms with Crippen LogP contribution in [0.1, 0.15) is 61.9 Å². The molecule has 4 heterocycles. The van der Waals surface area contributed by atoms with Crippen molar-refractivity contribution in [1.29, 1.82) is 0 Å². The summed E-state index contributed by atoms with van der Waals surface area (Å²) in [5, 5.41) is 8.86. The number of ether oxygens (including phenoxy) is 1. The van der Waals surface area contributed by atoms with Crippen LogP contribution in [0.25, 0.3) is 0 Å². The Morgan fingerprint density at radius 1 is 1.12 bits per heavy atom. The monoisotopic (exact) mass is 466 g/mol. The van der Waals surface area contributed by atoms with E-state index in [1.165, 1.54) is 12.8 Å². The lowest BCUT2D eigenvalue weighted by Crippen LogP contribution is -2.46. The Labute approximate surface area is 200 Å². The first-order valence-corrected chi connectivity index (χ1v) is 12.6. The van der Waals surface area contributed by atoms with Crippen molar-refractivity contribution in [2.24, 2.45) is 11.8 Å². The first-order chi connectivity index (χ1) is 16.6. The van der Waals surface area contributed by atoms with Gasteiger partial charge in [0.25, 0.3) is 0 Å². The lowest BCUT2D eigenvalue weighted by molar-refractivity contribution is -0.138. The van der Waals surface area contributed by atoms with Crippen molar-refractivity contribution >= 4 is 11.8 Å². The standard InChI is InChI=1S/C25H34N6O3/c1-2-29(14-20-5-9-26-10-6-20)25(33)21-16-30(23(32)13-18-7-11-34-12-8-18)17-22-24(21)31(28-27-22)15-19-3-4-19/h5-6,9-10,18-19,21H,2-4,7-8,11-17H2,1H3. The highest BCUT2D eigenvalue weighted by atomic mass is 16.5. The summed E-state index contributed by atoms with van der Waals surface area (Å²) in [7, 11) is 0. The van der Waals surface area contributed by atoms with Gasteiger partial charge in [-0.1, -0.05) is 5.21 Å². The summed E-state index contributed by atoms with van der Waals surface area (Å²) in [5.41, 5.74) is 2.71. The van der Waals surface area contributed by atoms with E-state index in [1.807, 2.05) is 33.5 Å². The zero-order chi connectivity index (χ0) is 23.5. The number of carbonyl (C=O) groups is 2. The molecule has 182 valence electrons. The molecular formula is C25H34N6O3. The first kappa shape index (κ1) is 23.0. The van der Waals surface area contributed by atoms with Crippen LogP contribution in [0.15, 0.2) is 24.5 Å². The van der Waals surface area contributed by atoms with Gasteiger partial charge in [0.2, 0.25) is 11.8 Å². The fourth-order valence-electron chi connectivity index (χ4n) is 5.07. The van der Waals surface area contributed by atoms with Gasteiger partial charge in [-0.3, -0.25) is 14.6 Å². The third kappa shape index (κ3) is 5.14. The van der Waals surface area contributed by atoms with E-state index in [0.29, 0.717) is 44.4 Å². The van der Waals surface area contributed by atoms with E-state index in [9.17, 15) is 9.59 Å². The summed E-state index contributed by atoms with van der Waals surface area (Å²) >= 11 is 0. The Bertz CT molecular complexity index is 999. The minimum Gasteiger partial charge on any atom is -0.381 e. The van der Waals surface area contributed by atoms with Crippen LogP contribution in [0.5, 0.6) is 0 Å². The molecule has 0 N–H and O–H groups in total. The Morgan fingerprint density at radius 3 is 2.59 bits per heavy atom. The van der Waals surface area contributed by atoms with Crippen molar-refractivity contribution in [3.8, 4) is 0 Å². The lowest BCUT2D eigenvalue weighted by atomic mass is 9.93. The van der Waals surface area contributed by atoms with Gasteiger partial charge in [-0.2, -0.15) is 0 Å². The Hall–Kier alpha value is -2.81. The number of fused-ring (bicyclic) bond motifs is 1. The van der Waals surface area contributed by atoms with Crippen molar-refractivity contribution in [2.75, 3.05) is 26.3 Å². The molecule has 9 nitrogen and oxygen atoms in total. The summed E-state index contributed by atoms with van der Waals surface area (Å²) < 4.78 is 7.39. The second-order valence-corrected chi connectivity index (χ2v) is 9.84.